The Morgan fingerprint density at radius 2 is 2.05 bits per heavy atom. The number of aryl methyl sites for hydroxylation is 2. The van der Waals surface area contributed by atoms with Gasteiger partial charge in [-0.2, -0.15) is 0 Å². The van der Waals surface area contributed by atoms with Crippen molar-refractivity contribution in [3.8, 4) is 0 Å². The first kappa shape index (κ1) is 14.8. The molecule has 0 aromatic carbocycles. The van der Waals surface area contributed by atoms with Gasteiger partial charge in [0.05, 0.1) is 16.8 Å². The van der Waals surface area contributed by atoms with E-state index in [9.17, 15) is 4.79 Å². The number of nitrogens with zero attached hydrogens (tertiary/aromatic N) is 3. The summed E-state index contributed by atoms with van der Waals surface area (Å²) in [6.07, 6.45) is 4.25. The lowest BCUT2D eigenvalue weighted by atomic mass is 9.84. The molecule has 3 N–H and O–H groups in total. The van der Waals surface area contributed by atoms with Gasteiger partial charge in [0.25, 0.3) is 0 Å². The van der Waals surface area contributed by atoms with Crippen LogP contribution in [0.25, 0.3) is 0 Å². The third-order valence-electron chi connectivity index (χ3n) is 4.28. The van der Waals surface area contributed by atoms with Crippen LogP contribution >= 0.6 is 0 Å². The van der Waals surface area contributed by atoms with Gasteiger partial charge in [-0.1, -0.05) is 20.3 Å². The molecule has 110 valence electrons. The van der Waals surface area contributed by atoms with E-state index in [4.69, 9.17) is 5.73 Å². The van der Waals surface area contributed by atoms with Crippen LogP contribution in [0.5, 0.6) is 0 Å². The van der Waals surface area contributed by atoms with E-state index in [2.05, 4.69) is 20.5 Å². The summed E-state index contributed by atoms with van der Waals surface area (Å²) in [6, 6.07) is -0.101. The smallest absolute Gasteiger partial charge is 0.249 e. The molecule has 0 spiro atoms. The number of aromatic nitrogens is 3. The van der Waals surface area contributed by atoms with Crippen molar-refractivity contribution < 1.29 is 4.79 Å². The summed E-state index contributed by atoms with van der Waals surface area (Å²) in [4.78, 5) is 16.8. The minimum atomic E-state index is -0.529. The summed E-state index contributed by atoms with van der Waals surface area (Å²) >= 11 is 0. The Bertz CT molecular complexity index is 504. The monoisotopic (exact) mass is 277 g/mol. The van der Waals surface area contributed by atoms with Gasteiger partial charge in [0.2, 0.25) is 11.9 Å². The van der Waals surface area contributed by atoms with Crippen molar-refractivity contribution >= 4 is 11.9 Å². The summed E-state index contributed by atoms with van der Waals surface area (Å²) in [5, 5.41) is 10.9. The topological polar surface area (TPSA) is 93.8 Å². The van der Waals surface area contributed by atoms with Crippen molar-refractivity contribution in [2.45, 2.75) is 58.9 Å². The molecule has 0 radical (unpaired) electrons. The van der Waals surface area contributed by atoms with E-state index in [-0.39, 0.29) is 17.9 Å². The minimum absolute atomic E-state index is 0.101. The molecule has 1 aromatic heterocycles. The van der Waals surface area contributed by atoms with Crippen LogP contribution in [0.15, 0.2) is 0 Å². The van der Waals surface area contributed by atoms with E-state index < -0.39 is 5.41 Å². The molecule has 2 rings (SSSR count). The molecule has 20 heavy (non-hydrogen) atoms. The number of carbonyl (C=O) groups excluding carboxylic acids is 1. The number of hydrogen-bond acceptors (Lipinski definition) is 5. The van der Waals surface area contributed by atoms with Crippen LogP contribution in [-0.2, 0) is 17.6 Å². The largest absolute Gasteiger partial charge is 0.327 e. The maximum absolute atomic E-state index is 12.4. The molecular weight excluding hydrogens is 254 g/mol. The molecule has 1 fully saturated rings. The number of nitrogens with two attached hydrogens (primary N) is 1. The second-order valence-electron chi connectivity index (χ2n) is 5.61. The second kappa shape index (κ2) is 5.83. The predicted molar refractivity (Wildman–Crippen MR) is 77.1 cm³/mol. The molecule has 1 saturated carbocycles. The van der Waals surface area contributed by atoms with Crippen LogP contribution in [-0.4, -0.2) is 27.1 Å². The van der Waals surface area contributed by atoms with E-state index in [1.54, 1.807) is 0 Å². The number of amides is 1. The number of rotatable bonds is 4. The molecular formula is C14H23N5O. The van der Waals surface area contributed by atoms with Crippen LogP contribution in [0.1, 0.15) is 51.4 Å². The number of carbonyl (C=O) groups is 1. The Morgan fingerprint density at radius 1 is 1.35 bits per heavy atom. The van der Waals surface area contributed by atoms with E-state index in [0.717, 1.165) is 43.5 Å². The van der Waals surface area contributed by atoms with Crippen molar-refractivity contribution in [3.05, 3.63) is 11.4 Å². The van der Waals surface area contributed by atoms with Gasteiger partial charge in [-0.25, -0.2) is 4.98 Å². The standard InChI is InChI=1S/C14H23N5O/c1-4-9-10(5-2)18-19-13(16-9)17-12(20)14(3)8-6-7-11(14)15/h11H,4-8,15H2,1-3H3,(H,16,17,19,20). The minimum Gasteiger partial charge on any atom is -0.327 e. The zero-order valence-corrected chi connectivity index (χ0v) is 12.4. The Labute approximate surface area is 119 Å². The molecule has 6 nitrogen and oxygen atoms in total. The Kier molecular flexibility index (Phi) is 4.32. The predicted octanol–water partition coefficient (Wildman–Crippen LogP) is 1.45. The molecule has 0 saturated heterocycles. The number of hydrogen-bond donors (Lipinski definition) is 2. The normalized spacial score (nSPS) is 25.7. The fraction of sp³-hybridized carbons (Fsp3) is 0.714. The maximum Gasteiger partial charge on any atom is 0.249 e. The molecule has 2 unspecified atom stereocenters. The molecule has 1 aliphatic rings. The number of nitrogens with one attached hydrogen (secondary N) is 1. The quantitative estimate of drug-likeness (QED) is 0.868. The van der Waals surface area contributed by atoms with E-state index in [0.29, 0.717) is 0 Å². The fourth-order valence-electron chi connectivity index (χ4n) is 2.71. The van der Waals surface area contributed by atoms with Crippen molar-refractivity contribution in [1.82, 2.24) is 15.2 Å². The van der Waals surface area contributed by atoms with Crippen molar-refractivity contribution in [1.29, 1.82) is 0 Å². The molecule has 6 heteroatoms. The zero-order valence-electron chi connectivity index (χ0n) is 12.4. The average molecular weight is 277 g/mol. The summed E-state index contributed by atoms with van der Waals surface area (Å²) < 4.78 is 0. The SMILES string of the molecule is CCc1nnc(NC(=O)C2(C)CCCC2N)nc1CC. The zero-order chi connectivity index (χ0) is 14.8. The lowest BCUT2D eigenvalue weighted by molar-refractivity contribution is -0.125. The Balaban J connectivity index is 2.16. The van der Waals surface area contributed by atoms with Crippen LogP contribution in [0.3, 0.4) is 0 Å². The third kappa shape index (κ3) is 2.65. The average Bonchev–Trinajstić information content (AvgIpc) is 2.79. The summed E-state index contributed by atoms with van der Waals surface area (Å²) in [5.74, 6) is 0.181. The fourth-order valence-corrected chi connectivity index (χ4v) is 2.71. The van der Waals surface area contributed by atoms with Gasteiger partial charge in [0.1, 0.15) is 0 Å². The van der Waals surface area contributed by atoms with Crippen molar-refractivity contribution in [2.75, 3.05) is 5.32 Å². The highest BCUT2D eigenvalue weighted by molar-refractivity contribution is 5.94. The van der Waals surface area contributed by atoms with Crippen LogP contribution in [0, 0.1) is 5.41 Å². The highest BCUT2D eigenvalue weighted by Crippen LogP contribution is 2.37. The van der Waals surface area contributed by atoms with Gasteiger partial charge in [-0.05, 0) is 32.6 Å². The van der Waals surface area contributed by atoms with Gasteiger partial charge in [0.15, 0.2) is 0 Å². The molecule has 0 aliphatic heterocycles. The molecule has 1 aliphatic carbocycles. The van der Waals surface area contributed by atoms with Crippen LogP contribution in [0.4, 0.5) is 5.95 Å². The lowest BCUT2D eigenvalue weighted by Gasteiger charge is -2.26. The summed E-state index contributed by atoms with van der Waals surface area (Å²) in [6.45, 7) is 5.94. The first-order valence-corrected chi connectivity index (χ1v) is 7.30. The summed E-state index contributed by atoms with van der Waals surface area (Å²) in [5.41, 5.74) is 7.29. The van der Waals surface area contributed by atoms with Gasteiger partial charge >= 0.3 is 0 Å². The lowest BCUT2D eigenvalue weighted by Crippen LogP contribution is -2.44. The van der Waals surface area contributed by atoms with Crippen molar-refractivity contribution in [2.24, 2.45) is 11.1 Å². The molecule has 1 heterocycles. The van der Waals surface area contributed by atoms with E-state index in [1.807, 2.05) is 20.8 Å². The first-order valence-electron chi connectivity index (χ1n) is 7.30. The molecule has 1 amide bonds. The van der Waals surface area contributed by atoms with E-state index >= 15 is 0 Å². The highest BCUT2D eigenvalue weighted by Gasteiger charge is 2.43. The molecule has 1 aromatic rings. The molecule has 0 bridgehead atoms. The number of anilines is 1. The van der Waals surface area contributed by atoms with Gasteiger partial charge < -0.3 is 5.73 Å². The van der Waals surface area contributed by atoms with Gasteiger partial charge in [0, 0.05) is 6.04 Å². The third-order valence-corrected chi connectivity index (χ3v) is 4.28. The van der Waals surface area contributed by atoms with Gasteiger partial charge in [-0.15, -0.1) is 10.2 Å². The van der Waals surface area contributed by atoms with E-state index in [1.165, 1.54) is 0 Å². The highest BCUT2D eigenvalue weighted by atomic mass is 16.2. The van der Waals surface area contributed by atoms with Crippen LogP contribution < -0.4 is 11.1 Å². The van der Waals surface area contributed by atoms with Crippen LogP contribution in [0.2, 0.25) is 0 Å². The maximum atomic E-state index is 12.4. The van der Waals surface area contributed by atoms with Crippen molar-refractivity contribution in [3.63, 3.8) is 0 Å². The van der Waals surface area contributed by atoms with Gasteiger partial charge in [-0.3, -0.25) is 10.1 Å². The summed E-state index contributed by atoms with van der Waals surface area (Å²) in [7, 11) is 0. The second-order valence-corrected chi connectivity index (χ2v) is 5.61. The Morgan fingerprint density at radius 3 is 2.60 bits per heavy atom. The molecule has 2 atom stereocenters. The first-order chi connectivity index (χ1) is 9.51. The Hall–Kier alpha value is -1.56.